The van der Waals surface area contributed by atoms with E-state index in [-0.39, 0.29) is 12.0 Å². The van der Waals surface area contributed by atoms with E-state index in [1.54, 1.807) is 12.1 Å². The van der Waals surface area contributed by atoms with Gasteiger partial charge in [-0.3, -0.25) is 0 Å². The summed E-state index contributed by atoms with van der Waals surface area (Å²) in [6, 6.07) is 7.26. The van der Waals surface area contributed by atoms with Crippen LogP contribution in [-0.2, 0) is 6.42 Å². The third kappa shape index (κ3) is 6.30. The number of fused-ring (bicyclic) bond motifs is 1. The Morgan fingerprint density at radius 1 is 1.23 bits per heavy atom. The van der Waals surface area contributed by atoms with E-state index >= 15 is 0 Å². The Bertz CT molecular complexity index is 807. The van der Waals surface area contributed by atoms with Crippen molar-refractivity contribution >= 4 is 5.97 Å². The highest BCUT2D eigenvalue weighted by atomic mass is 16.4. The molecule has 0 unspecified atom stereocenters. The molecular formula is C27H38O4. The van der Waals surface area contributed by atoms with Gasteiger partial charge in [-0.05, 0) is 75.3 Å². The number of carboxylic acids is 1. The maximum absolute atomic E-state index is 11.4. The molecule has 0 aliphatic heterocycles. The Hall–Kier alpha value is -1.91. The molecule has 0 spiro atoms. The molecule has 1 saturated carbocycles. The Morgan fingerprint density at radius 2 is 2.00 bits per heavy atom. The van der Waals surface area contributed by atoms with Crippen LogP contribution in [0.4, 0.5) is 0 Å². The van der Waals surface area contributed by atoms with Gasteiger partial charge in [0.1, 0.15) is 0 Å². The van der Waals surface area contributed by atoms with Crippen molar-refractivity contribution in [3.05, 3.63) is 59.2 Å². The SMILES string of the molecule is CCCC[C@@](C)(O)C/C=C/[C@H]1[C@H]2CC(CCCc3ccccc3C(=O)O)=C[C@H]2C[C@H]1O. The van der Waals surface area contributed by atoms with Crippen molar-refractivity contribution in [3.63, 3.8) is 0 Å². The van der Waals surface area contributed by atoms with Gasteiger partial charge in [-0.15, -0.1) is 0 Å². The van der Waals surface area contributed by atoms with Crippen LogP contribution < -0.4 is 0 Å². The van der Waals surface area contributed by atoms with E-state index in [4.69, 9.17) is 0 Å². The zero-order valence-electron chi connectivity index (χ0n) is 19.0. The molecule has 0 aromatic heterocycles. The van der Waals surface area contributed by atoms with Crippen molar-refractivity contribution in [2.75, 3.05) is 0 Å². The summed E-state index contributed by atoms with van der Waals surface area (Å²) < 4.78 is 0. The summed E-state index contributed by atoms with van der Waals surface area (Å²) in [6.45, 7) is 4.04. The van der Waals surface area contributed by atoms with Crippen molar-refractivity contribution in [2.24, 2.45) is 17.8 Å². The smallest absolute Gasteiger partial charge is 0.335 e. The minimum absolute atomic E-state index is 0.161. The topological polar surface area (TPSA) is 77.8 Å². The van der Waals surface area contributed by atoms with E-state index in [1.807, 2.05) is 19.1 Å². The number of carboxylic acid groups (broad SMARTS) is 1. The molecule has 0 bridgehead atoms. The molecule has 2 aliphatic carbocycles. The average molecular weight is 427 g/mol. The number of aryl methyl sites for hydroxylation is 1. The molecule has 0 amide bonds. The number of aliphatic hydroxyl groups excluding tert-OH is 1. The van der Waals surface area contributed by atoms with Crippen molar-refractivity contribution in [1.29, 1.82) is 0 Å². The molecule has 0 radical (unpaired) electrons. The van der Waals surface area contributed by atoms with Gasteiger partial charge in [-0.2, -0.15) is 0 Å². The normalized spacial score (nSPS) is 27.3. The van der Waals surface area contributed by atoms with E-state index in [1.165, 1.54) is 5.57 Å². The Labute approximate surface area is 186 Å². The third-order valence-electron chi connectivity index (χ3n) is 7.13. The number of rotatable bonds is 11. The summed E-state index contributed by atoms with van der Waals surface area (Å²) in [5, 5.41) is 30.4. The molecule has 4 nitrogen and oxygen atoms in total. The van der Waals surface area contributed by atoms with Crippen LogP contribution in [0.1, 0.15) is 81.1 Å². The molecule has 0 heterocycles. The van der Waals surface area contributed by atoms with Gasteiger partial charge in [-0.25, -0.2) is 4.79 Å². The van der Waals surface area contributed by atoms with Crippen LogP contribution in [0.3, 0.4) is 0 Å². The lowest BCUT2D eigenvalue weighted by Gasteiger charge is -2.22. The Balaban J connectivity index is 1.51. The standard InChI is InChI=1S/C27H38O4/c1-3-4-14-27(2,31)15-8-13-23-24-17-19(16-21(24)18-25(23)28)9-7-11-20-10-5-6-12-22(20)26(29)30/h5-6,8,10,12-13,16,21,23-25,28,31H,3-4,7,9,11,14-15,17-18H2,1-2H3,(H,29,30)/b13-8+/t21-,23-,24-,25+,27+/m0/s1. The lowest BCUT2D eigenvalue weighted by atomic mass is 9.87. The first-order chi connectivity index (χ1) is 14.8. The number of allylic oxidation sites excluding steroid dienone is 2. The van der Waals surface area contributed by atoms with Crippen molar-refractivity contribution in [2.45, 2.75) is 83.3 Å². The van der Waals surface area contributed by atoms with E-state index in [2.05, 4.69) is 25.2 Å². The maximum Gasteiger partial charge on any atom is 0.335 e. The fourth-order valence-corrected chi connectivity index (χ4v) is 5.38. The molecule has 5 atom stereocenters. The minimum Gasteiger partial charge on any atom is -0.478 e. The number of hydrogen-bond acceptors (Lipinski definition) is 3. The summed E-state index contributed by atoms with van der Waals surface area (Å²) in [7, 11) is 0. The number of benzene rings is 1. The van der Waals surface area contributed by atoms with Crippen molar-refractivity contribution < 1.29 is 20.1 Å². The van der Waals surface area contributed by atoms with Gasteiger partial charge in [0.2, 0.25) is 0 Å². The quantitative estimate of drug-likeness (QED) is 0.406. The number of aromatic carboxylic acids is 1. The molecule has 31 heavy (non-hydrogen) atoms. The predicted molar refractivity (Wildman–Crippen MR) is 124 cm³/mol. The van der Waals surface area contributed by atoms with E-state index in [9.17, 15) is 20.1 Å². The summed E-state index contributed by atoms with van der Waals surface area (Å²) in [5.41, 5.74) is 2.09. The number of hydrogen-bond donors (Lipinski definition) is 3. The summed E-state index contributed by atoms with van der Waals surface area (Å²) in [6.07, 6.45) is 14.4. The first-order valence-corrected chi connectivity index (χ1v) is 11.9. The van der Waals surface area contributed by atoms with E-state index in [0.29, 0.717) is 23.8 Å². The summed E-state index contributed by atoms with van der Waals surface area (Å²) in [5.74, 6) is 0.190. The van der Waals surface area contributed by atoms with E-state index in [0.717, 1.165) is 56.9 Å². The Kier molecular flexibility index (Phi) is 8.12. The zero-order valence-corrected chi connectivity index (χ0v) is 19.0. The molecular weight excluding hydrogens is 388 g/mol. The minimum atomic E-state index is -0.859. The molecule has 3 N–H and O–H groups in total. The van der Waals surface area contributed by atoms with Crippen LogP contribution in [-0.4, -0.2) is 33.0 Å². The molecule has 1 aromatic rings. The van der Waals surface area contributed by atoms with Crippen LogP contribution in [0, 0.1) is 17.8 Å². The molecule has 170 valence electrons. The van der Waals surface area contributed by atoms with Crippen LogP contribution in [0.25, 0.3) is 0 Å². The number of carbonyl (C=O) groups is 1. The van der Waals surface area contributed by atoms with Crippen LogP contribution >= 0.6 is 0 Å². The van der Waals surface area contributed by atoms with E-state index < -0.39 is 11.6 Å². The fourth-order valence-electron chi connectivity index (χ4n) is 5.38. The van der Waals surface area contributed by atoms with Crippen LogP contribution in [0.15, 0.2) is 48.1 Å². The number of aliphatic hydroxyl groups is 2. The monoisotopic (exact) mass is 426 g/mol. The molecule has 3 rings (SSSR count). The summed E-state index contributed by atoms with van der Waals surface area (Å²) >= 11 is 0. The van der Waals surface area contributed by atoms with Gasteiger partial charge in [0, 0.05) is 5.92 Å². The first kappa shape index (κ1) is 23.7. The molecule has 1 fully saturated rings. The van der Waals surface area contributed by atoms with Gasteiger partial charge in [0.05, 0.1) is 17.3 Å². The third-order valence-corrected chi connectivity index (χ3v) is 7.13. The van der Waals surface area contributed by atoms with Gasteiger partial charge >= 0.3 is 5.97 Å². The molecule has 4 heteroatoms. The second-order valence-electron chi connectivity index (χ2n) is 9.79. The average Bonchev–Trinajstić information content (AvgIpc) is 3.24. The lowest BCUT2D eigenvalue weighted by Crippen LogP contribution is -2.23. The second kappa shape index (κ2) is 10.6. The molecule has 1 aromatic carbocycles. The number of unbranched alkanes of at least 4 members (excludes halogenated alkanes) is 1. The highest BCUT2D eigenvalue weighted by Crippen LogP contribution is 2.48. The predicted octanol–water partition coefficient (Wildman–Crippen LogP) is 5.54. The zero-order chi connectivity index (χ0) is 22.4. The highest BCUT2D eigenvalue weighted by molar-refractivity contribution is 5.89. The van der Waals surface area contributed by atoms with Crippen molar-refractivity contribution in [3.8, 4) is 0 Å². The van der Waals surface area contributed by atoms with Crippen LogP contribution in [0.5, 0.6) is 0 Å². The van der Waals surface area contributed by atoms with Gasteiger partial charge in [0.25, 0.3) is 0 Å². The van der Waals surface area contributed by atoms with Gasteiger partial charge in [0.15, 0.2) is 0 Å². The maximum atomic E-state index is 11.4. The Morgan fingerprint density at radius 3 is 2.74 bits per heavy atom. The van der Waals surface area contributed by atoms with Gasteiger partial charge < -0.3 is 15.3 Å². The van der Waals surface area contributed by atoms with Gasteiger partial charge in [-0.1, -0.05) is 61.8 Å². The van der Waals surface area contributed by atoms with Crippen molar-refractivity contribution in [1.82, 2.24) is 0 Å². The lowest BCUT2D eigenvalue weighted by molar-refractivity contribution is 0.0513. The van der Waals surface area contributed by atoms with Crippen LogP contribution in [0.2, 0.25) is 0 Å². The largest absolute Gasteiger partial charge is 0.478 e. The fraction of sp³-hybridized carbons (Fsp3) is 0.593. The molecule has 2 aliphatic rings. The first-order valence-electron chi connectivity index (χ1n) is 11.9. The second-order valence-corrected chi connectivity index (χ2v) is 9.79. The summed E-state index contributed by atoms with van der Waals surface area (Å²) in [4.78, 5) is 11.4. The molecule has 0 saturated heterocycles. The highest BCUT2D eigenvalue weighted by Gasteiger charge is 2.43.